The van der Waals surface area contributed by atoms with E-state index in [-0.39, 0.29) is 40.9 Å². The van der Waals surface area contributed by atoms with Crippen molar-refractivity contribution in [2.45, 2.75) is 12.6 Å². The van der Waals surface area contributed by atoms with Crippen LogP contribution >= 0.6 is 0 Å². The Labute approximate surface area is 175 Å². The van der Waals surface area contributed by atoms with Crippen LogP contribution in [-0.4, -0.2) is 74.3 Å². The number of phenolic OH excluding ortho intramolecular Hbond substituents is 2. The van der Waals surface area contributed by atoms with Crippen molar-refractivity contribution >= 4 is 32.6 Å². The third kappa shape index (κ3) is 3.59. The second-order valence-electron chi connectivity index (χ2n) is 7.32. The van der Waals surface area contributed by atoms with Crippen molar-refractivity contribution in [2.75, 3.05) is 32.8 Å². The molecule has 4 rings (SSSR count). The Morgan fingerprint density at radius 1 is 1.03 bits per heavy atom. The summed E-state index contributed by atoms with van der Waals surface area (Å²) in [7, 11) is 0. The van der Waals surface area contributed by atoms with Gasteiger partial charge in [0.1, 0.15) is 11.5 Å². The van der Waals surface area contributed by atoms with Crippen molar-refractivity contribution in [3.05, 3.63) is 39.8 Å². The van der Waals surface area contributed by atoms with Crippen LogP contribution in [0.15, 0.2) is 34.1 Å². The summed E-state index contributed by atoms with van der Waals surface area (Å²) in [6.07, 6.45) is -1.03. The number of aromatic amines is 1. The summed E-state index contributed by atoms with van der Waals surface area (Å²) in [5, 5.41) is 57.2. The standard InChI is InChI=1S/C21H24N4O6/c26-8-7-22-5-6-23-12-1-2-13-17-16(12)21(31)19-15(30)4-3-14(29)18(19)20(17)24-25(13)9-11(28)10-27/h1-4,11,22,24,26-28,30-31H,5-10H2. The maximum atomic E-state index is 12.6. The van der Waals surface area contributed by atoms with Gasteiger partial charge in [-0.2, -0.15) is 0 Å². The van der Waals surface area contributed by atoms with E-state index in [0.29, 0.717) is 46.8 Å². The van der Waals surface area contributed by atoms with Crippen LogP contribution < -0.4 is 16.1 Å². The maximum Gasteiger partial charge on any atom is 0.189 e. The summed E-state index contributed by atoms with van der Waals surface area (Å²) in [4.78, 5) is 17.2. The molecule has 164 valence electrons. The Morgan fingerprint density at radius 2 is 1.84 bits per heavy atom. The molecule has 10 heteroatoms. The van der Waals surface area contributed by atoms with Crippen LogP contribution in [0.5, 0.6) is 11.5 Å². The number of hydrogen-bond donors (Lipinski definition) is 7. The van der Waals surface area contributed by atoms with Gasteiger partial charge in [-0.3, -0.25) is 19.6 Å². The predicted molar refractivity (Wildman–Crippen MR) is 116 cm³/mol. The molecule has 0 fully saturated rings. The van der Waals surface area contributed by atoms with Gasteiger partial charge in [-0.25, -0.2) is 0 Å². The molecule has 10 nitrogen and oxygen atoms in total. The van der Waals surface area contributed by atoms with Crippen molar-refractivity contribution in [3.63, 3.8) is 0 Å². The van der Waals surface area contributed by atoms with Crippen LogP contribution in [0.25, 0.3) is 32.6 Å². The first-order valence-corrected chi connectivity index (χ1v) is 9.94. The van der Waals surface area contributed by atoms with E-state index in [1.807, 2.05) is 0 Å². The first kappa shape index (κ1) is 21.1. The third-order valence-corrected chi connectivity index (χ3v) is 5.28. The minimum Gasteiger partial charge on any atom is -0.507 e. The highest BCUT2D eigenvalue weighted by molar-refractivity contribution is 6.23. The molecule has 1 heterocycles. The van der Waals surface area contributed by atoms with Crippen LogP contribution in [0.1, 0.15) is 0 Å². The molecule has 0 aliphatic rings. The Kier molecular flexibility index (Phi) is 5.79. The summed E-state index contributed by atoms with van der Waals surface area (Å²) >= 11 is 0. The number of aromatic nitrogens is 2. The molecule has 3 aromatic carbocycles. The number of fused-ring (bicyclic) bond motifs is 2. The van der Waals surface area contributed by atoms with Crippen molar-refractivity contribution in [1.29, 1.82) is 0 Å². The summed E-state index contributed by atoms with van der Waals surface area (Å²) in [5.74, 6) is -0.485. The molecular weight excluding hydrogens is 404 g/mol. The molecule has 4 aromatic rings. The minimum atomic E-state index is -1.03. The van der Waals surface area contributed by atoms with Gasteiger partial charge in [0.15, 0.2) is 5.43 Å². The molecule has 0 saturated heterocycles. The Morgan fingerprint density at radius 3 is 2.58 bits per heavy atom. The quantitative estimate of drug-likeness (QED) is 0.144. The number of rotatable bonds is 8. The molecule has 0 spiro atoms. The highest BCUT2D eigenvalue weighted by Gasteiger charge is 2.22. The molecule has 0 saturated carbocycles. The predicted octanol–water partition coefficient (Wildman–Crippen LogP) is -0.679. The number of aromatic hydroxyl groups is 2. The van der Waals surface area contributed by atoms with Gasteiger partial charge < -0.3 is 30.8 Å². The van der Waals surface area contributed by atoms with E-state index in [9.17, 15) is 25.2 Å². The third-order valence-electron chi connectivity index (χ3n) is 5.28. The second-order valence-corrected chi connectivity index (χ2v) is 7.32. The largest absolute Gasteiger partial charge is 0.507 e. The number of nitrogens with zero attached hydrogens (tertiary/aromatic N) is 2. The van der Waals surface area contributed by atoms with E-state index in [2.05, 4.69) is 15.4 Å². The molecule has 0 bridgehead atoms. The van der Waals surface area contributed by atoms with Gasteiger partial charge >= 0.3 is 0 Å². The number of aliphatic hydroxyl groups excluding tert-OH is 3. The van der Waals surface area contributed by atoms with Gasteiger partial charge in [-0.05, 0) is 24.3 Å². The van der Waals surface area contributed by atoms with Gasteiger partial charge in [0.2, 0.25) is 0 Å². The monoisotopic (exact) mass is 428 g/mol. The lowest BCUT2D eigenvalue weighted by Gasteiger charge is -2.10. The highest BCUT2D eigenvalue weighted by Crippen LogP contribution is 2.41. The summed E-state index contributed by atoms with van der Waals surface area (Å²) in [6.45, 7) is 0.971. The van der Waals surface area contributed by atoms with Gasteiger partial charge in [0.25, 0.3) is 0 Å². The van der Waals surface area contributed by atoms with Crippen LogP contribution in [-0.2, 0) is 6.54 Å². The van der Waals surface area contributed by atoms with Gasteiger partial charge in [-0.15, -0.1) is 0 Å². The zero-order valence-electron chi connectivity index (χ0n) is 16.7. The number of nitrogens with one attached hydrogen (secondary N) is 2. The minimum absolute atomic E-state index is 0.0196. The SMILES string of the molecule is O=c1ccc(O)c2c(O)c3c(=NCCNCCO)ccc4c3c([nH]n4CC(O)CO)c12. The summed E-state index contributed by atoms with van der Waals surface area (Å²) < 4.78 is 1.59. The first-order chi connectivity index (χ1) is 15.0. The van der Waals surface area contributed by atoms with E-state index < -0.39 is 12.7 Å². The summed E-state index contributed by atoms with van der Waals surface area (Å²) in [5.41, 5.74) is 0.632. The van der Waals surface area contributed by atoms with Crippen molar-refractivity contribution in [3.8, 4) is 11.5 Å². The van der Waals surface area contributed by atoms with Crippen LogP contribution in [0.4, 0.5) is 0 Å². The van der Waals surface area contributed by atoms with Gasteiger partial charge in [-0.1, -0.05) is 0 Å². The lowest BCUT2D eigenvalue weighted by atomic mass is 9.99. The Hall–Kier alpha value is -3.18. The van der Waals surface area contributed by atoms with E-state index in [1.165, 1.54) is 12.1 Å². The molecule has 31 heavy (non-hydrogen) atoms. The van der Waals surface area contributed by atoms with Gasteiger partial charge in [0.05, 0.1) is 65.0 Å². The zero-order valence-corrected chi connectivity index (χ0v) is 16.7. The Bertz CT molecular complexity index is 1360. The molecule has 0 radical (unpaired) electrons. The number of phenols is 2. The lowest BCUT2D eigenvalue weighted by Crippen LogP contribution is -2.22. The number of aliphatic hydroxyl groups is 3. The van der Waals surface area contributed by atoms with Crippen molar-refractivity contribution in [1.82, 2.24) is 15.1 Å². The molecule has 0 aliphatic heterocycles. The zero-order chi connectivity index (χ0) is 22.1. The maximum absolute atomic E-state index is 12.6. The van der Waals surface area contributed by atoms with Crippen LogP contribution in [0, 0.1) is 0 Å². The summed E-state index contributed by atoms with van der Waals surface area (Å²) in [6, 6.07) is 5.94. The fourth-order valence-electron chi connectivity index (χ4n) is 3.92. The number of H-pyrrole nitrogens is 1. The molecule has 7 N–H and O–H groups in total. The molecular formula is C21H24N4O6. The van der Waals surface area contributed by atoms with E-state index in [1.54, 1.807) is 16.8 Å². The average molecular weight is 428 g/mol. The smallest absolute Gasteiger partial charge is 0.189 e. The van der Waals surface area contributed by atoms with E-state index >= 15 is 0 Å². The van der Waals surface area contributed by atoms with Crippen LogP contribution in [0.2, 0.25) is 0 Å². The fourth-order valence-corrected chi connectivity index (χ4v) is 3.92. The second kappa shape index (κ2) is 8.52. The highest BCUT2D eigenvalue weighted by atomic mass is 16.3. The molecule has 0 aliphatic carbocycles. The molecule has 0 amide bonds. The van der Waals surface area contributed by atoms with Crippen molar-refractivity contribution < 1.29 is 25.5 Å². The van der Waals surface area contributed by atoms with Crippen LogP contribution in [0.3, 0.4) is 0 Å². The van der Waals surface area contributed by atoms with E-state index in [0.717, 1.165) is 0 Å². The topological polar surface area (TPSA) is 163 Å². The van der Waals surface area contributed by atoms with E-state index in [4.69, 9.17) is 5.11 Å². The molecule has 1 unspecified atom stereocenters. The Balaban J connectivity index is 2.05. The number of benzene rings is 3. The normalized spacial score (nSPS) is 13.7. The fraction of sp³-hybridized carbons (Fsp3) is 0.333. The van der Waals surface area contributed by atoms with Gasteiger partial charge in [0, 0.05) is 18.5 Å². The molecule has 1 aromatic heterocycles. The van der Waals surface area contributed by atoms with Crippen molar-refractivity contribution in [2.24, 2.45) is 4.99 Å². The average Bonchev–Trinajstić information content (AvgIpc) is 3.12. The number of hydrogen-bond acceptors (Lipinski definition) is 8. The lowest BCUT2D eigenvalue weighted by molar-refractivity contribution is 0.0795. The first-order valence-electron chi connectivity index (χ1n) is 9.94. The molecule has 1 atom stereocenters.